The van der Waals surface area contributed by atoms with E-state index in [1.165, 1.54) is 0 Å². The lowest BCUT2D eigenvalue weighted by Gasteiger charge is -2.20. The lowest BCUT2D eigenvalue weighted by Crippen LogP contribution is -2.25. The number of hydrogen-bond acceptors (Lipinski definition) is 3. The highest BCUT2D eigenvalue weighted by atomic mass is 79.9. The largest absolute Gasteiger partial charge is 0.466 e. The molecule has 1 fully saturated rings. The number of hydrogen-bond donors (Lipinski definition) is 1. The summed E-state index contributed by atoms with van der Waals surface area (Å²) in [7, 11) is 1.96. The van der Waals surface area contributed by atoms with Crippen LogP contribution in [-0.2, 0) is 4.74 Å². The van der Waals surface area contributed by atoms with Crippen molar-refractivity contribution in [2.45, 2.75) is 25.5 Å². The molecule has 1 aromatic heterocycles. The van der Waals surface area contributed by atoms with Gasteiger partial charge in [0.25, 0.3) is 0 Å². The van der Waals surface area contributed by atoms with Crippen LogP contribution in [0.2, 0.25) is 0 Å². The van der Waals surface area contributed by atoms with Crippen molar-refractivity contribution in [2.24, 2.45) is 5.92 Å². The van der Waals surface area contributed by atoms with E-state index in [-0.39, 0.29) is 6.04 Å². The second-order valence-electron chi connectivity index (χ2n) is 4.04. The van der Waals surface area contributed by atoms with Gasteiger partial charge < -0.3 is 14.5 Å². The Morgan fingerprint density at radius 1 is 1.60 bits per heavy atom. The summed E-state index contributed by atoms with van der Waals surface area (Å²) in [6, 6.07) is 2.16. The van der Waals surface area contributed by atoms with E-state index in [0.717, 1.165) is 23.3 Å². The molecule has 0 radical (unpaired) electrons. The first kappa shape index (κ1) is 11.2. The van der Waals surface area contributed by atoms with Gasteiger partial charge >= 0.3 is 0 Å². The minimum atomic E-state index is 0.235. The highest BCUT2D eigenvalue weighted by Crippen LogP contribution is 2.35. The summed E-state index contributed by atoms with van der Waals surface area (Å²) in [6.07, 6.45) is 3.15. The number of halogens is 1. The van der Waals surface area contributed by atoms with Crippen LogP contribution in [0.1, 0.15) is 25.1 Å². The van der Waals surface area contributed by atoms with Crippen molar-refractivity contribution in [3.05, 3.63) is 22.6 Å². The van der Waals surface area contributed by atoms with Crippen LogP contribution in [0.25, 0.3) is 0 Å². The van der Waals surface area contributed by atoms with Crippen LogP contribution < -0.4 is 5.32 Å². The molecular weight excluding hydrogens is 258 g/mol. The molecule has 0 aromatic carbocycles. The van der Waals surface area contributed by atoms with Crippen molar-refractivity contribution in [1.29, 1.82) is 0 Å². The van der Waals surface area contributed by atoms with Crippen LogP contribution in [0.5, 0.6) is 0 Å². The topological polar surface area (TPSA) is 34.4 Å². The number of furan rings is 1. The Morgan fingerprint density at radius 3 is 2.87 bits per heavy atom. The van der Waals surface area contributed by atoms with E-state index in [4.69, 9.17) is 9.15 Å². The van der Waals surface area contributed by atoms with Gasteiger partial charge in [-0.2, -0.15) is 0 Å². The lowest BCUT2D eigenvalue weighted by atomic mass is 9.95. The van der Waals surface area contributed by atoms with E-state index in [0.29, 0.717) is 12.0 Å². The van der Waals surface area contributed by atoms with Crippen LogP contribution >= 0.6 is 15.9 Å². The standard InChI is InChI=1S/C11H16BrNO2/c1-7-5-8(6-15-7)10(13-2)11-9(12)3-4-14-11/h3-4,7-8,10,13H,5-6H2,1-2H3. The first-order chi connectivity index (χ1) is 7.22. The fourth-order valence-electron chi connectivity index (χ4n) is 2.19. The summed E-state index contributed by atoms with van der Waals surface area (Å²) in [5, 5.41) is 3.30. The third-order valence-electron chi connectivity index (χ3n) is 2.94. The SMILES string of the molecule is CNC(c1occc1Br)C1COC(C)C1. The van der Waals surface area contributed by atoms with Gasteiger partial charge in [0.05, 0.1) is 29.5 Å². The summed E-state index contributed by atoms with van der Waals surface area (Å²) in [5.74, 6) is 1.47. The van der Waals surface area contributed by atoms with E-state index < -0.39 is 0 Å². The zero-order valence-electron chi connectivity index (χ0n) is 9.00. The molecule has 3 unspecified atom stereocenters. The molecule has 3 atom stereocenters. The number of nitrogens with one attached hydrogen (secondary N) is 1. The van der Waals surface area contributed by atoms with Crippen LogP contribution in [0.4, 0.5) is 0 Å². The monoisotopic (exact) mass is 273 g/mol. The molecule has 1 aliphatic heterocycles. The maximum atomic E-state index is 5.59. The van der Waals surface area contributed by atoms with Crippen molar-refractivity contribution >= 4 is 15.9 Å². The molecule has 15 heavy (non-hydrogen) atoms. The molecule has 1 N–H and O–H groups in total. The summed E-state index contributed by atoms with van der Waals surface area (Å²) >= 11 is 3.50. The molecule has 0 bridgehead atoms. The van der Waals surface area contributed by atoms with Crippen molar-refractivity contribution in [3.63, 3.8) is 0 Å². The molecule has 2 rings (SSSR count). The second kappa shape index (κ2) is 4.68. The van der Waals surface area contributed by atoms with Crippen LogP contribution in [0, 0.1) is 5.92 Å². The van der Waals surface area contributed by atoms with Gasteiger partial charge in [0.15, 0.2) is 0 Å². The number of rotatable bonds is 3. The minimum Gasteiger partial charge on any atom is -0.466 e. The lowest BCUT2D eigenvalue weighted by molar-refractivity contribution is 0.116. The predicted octanol–water partition coefficient (Wildman–Crippen LogP) is 2.73. The van der Waals surface area contributed by atoms with Crippen molar-refractivity contribution < 1.29 is 9.15 Å². The van der Waals surface area contributed by atoms with Gasteiger partial charge in [0.1, 0.15) is 5.76 Å². The smallest absolute Gasteiger partial charge is 0.135 e. The Morgan fingerprint density at radius 2 is 2.40 bits per heavy atom. The Bertz CT molecular complexity index is 326. The maximum absolute atomic E-state index is 5.59. The molecule has 3 nitrogen and oxygen atoms in total. The van der Waals surface area contributed by atoms with Gasteiger partial charge in [-0.05, 0) is 42.4 Å². The molecule has 1 aromatic rings. The Balaban J connectivity index is 2.14. The fourth-order valence-corrected chi connectivity index (χ4v) is 2.64. The normalized spacial score (nSPS) is 28.2. The molecule has 1 saturated heterocycles. The first-order valence-electron chi connectivity index (χ1n) is 5.24. The van der Waals surface area contributed by atoms with E-state index in [2.05, 4.69) is 28.2 Å². The van der Waals surface area contributed by atoms with Gasteiger partial charge in [0, 0.05) is 5.92 Å². The zero-order chi connectivity index (χ0) is 10.8. The summed E-state index contributed by atoms with van der Waals surface area (Å²) in [6.45, 7) is 2.92. The van der Waals surface area contributed by atoms with Crippen molar-refractivity contribution in [1.82, 2.24) is 5.32 Å². The van der Waals surface area contributed by atoms with E-state index in [9.17, 15) is 0 Å². The van der Waals surface area contributed by atoms with Crippen LogP contribution in [0.15, 0.2) is 21.2 Å². The minimum absolute atomic E-state index is 0.235. The molecule has 0 spiro atoms. The average molecular weight is 274 g/mol. The molecule has 0 aliphatic carbocycles. The maximum Gasteiger partial charge on any atom is 0.135 e. The van der Waals surface area contributed by atoms with Gasteiger partial charge in [-0.1, -0.05) is 0 Å². The van der Waals surface area contributed by atoms with Gasteiger partial charge in [-0.25, -0.2) is 0 Å². The van der Waals surface area contributed by atoms with E-state index in [1.807, 2.05) is 13.1 Å². The summed E-state index contributed by atoms with van der Waals surface area (Å²) in [5.41, 5.74) is 0. The van der Waals surface area contributed by atoms with Gasteiger partial charge in [0.2, 0.25) is 0 Å². The third kappa shape index (κ3) is 2.27. The molecule has 0 amide bonds. The highest BCUT2D eigenvalue weighted by Gasteiger charge is 2.32. The predicted molar refractivity (Wildman–Crippen MR) is 61.7 cm³/mol. The fraction of sp³-hybridized carbons (Fsp3) is 0.636. The molecule has 0 saturated carbocycles. The molecule has 4 heteroatoms. The highest BCUT2D eigenvalue weighted by molar-refractivity contribution is 9.10. The number of ether oxygens (including phenoxy) is 1. The summed E-state index contributed by atoms with van der Waals surface area (Å²) in [4.78, 5) is 0. The molecule has 1 aliphatic rings. The van der Waals surface area contributed by atoms with Crippen LogP contribution in [0.3, 0.4) is 0 Å². The Labute approximate surface area is 98.3 Å². The quantitative estimate of drug-likeness (QED) is 0.920. The average Bonchev–Trinajstić information content (AvgIpc) is 2.79. The van der Waals surface area contributed by atoms with Crippen molar-refractivity contribution in [2.75, 3.05) is 13.7 Å². The van der Waals surface area contributed by atoms with Crippen molar-refractivity contribution in [3.8, 4) is 0 Å². The second-order valence-corrected chi connectivity index (χ2v) is 4.89. The molecule has 84 valence electrons. The molecular formula is C11H16BrNO2. The Hall–Kier alpha value is -0.320. The van der Waals surface area contributed by atoms with E-state index >= 15 is 0 Å². The first-order valence-corrected chi connectivity index (χ1v) is 6.03. The van der Waals surface area contributed by atoms with E-state index in [1.54, 1.807) is 6.26 Å². The third-order valence-corrected chi connectivity index (χ3v) is 3.59. The zero-order valence-corrected chi connectivity index (χ0v) is 10.6. The summed E-state index contributed by atoms with van der Waals surface area (Å²) < 4.78 is 12.1. The van der Waals surface area contributed by atoms with Crippen LogP contribution in [-0.4, -0.2) is 19.8 Å². The van der Waals surface area contributed by atoms with Gasteiger partial charge in [-0.3, -0.25) is 0 Å². The molecule has 2 heterocycles. The van der Waals surface area contributed by atoms with Gasteiger partial charge in [-0.15, -0.1) is 0 Å². The Kier molecular flexibility index (Phi) is 3.49.